The van der Waals surface area contributed by atoms with E-state index < -0.39 is 22.5 Å². The molecular weight excluding hydrogens is 290 g/mol. The van der Waals surface area contributed by atoms with Gasteiger partial charge in [0.1, 0.15) is 11.5 Å². The molecule has 0 fully saturated rings. The minimum absolute atomic E-state index is 0.000983. The van der Waals surface area contributed by atoms with Crippen molar-refractivity contribution in [2.45, 2.75) is 0 Å². The summed E-state index contributed by atoms with van der Waals surface area (Å²) in [4.78, 5) is 32.5. The summed E-state index contributed by atoms with van der Waals surface area (Å²) in [5.74, 6) is -1.76. The predicted octanol–water partition coefficient (Wildman–Crippen LogP) is 1.08. The average Bonchev–Trinajstić information content (AvgIpc) is 2.44. The van der Waals surface area contributed by atoms with Gasteiger partial charge in [0.05, 0.1) is 10.5 Å². The first kappa shape index (κ1) is 15.0. The van der Waals surface area contributed by atoms with Gasteiger partial charge in [0.2, 0.25) is 0 Å². The molecule has 1 aromatic carbocycles. The van der Waals surface area contributed by atoms with Crippen LogP contribution in [-0.2, 0) is 4.79 Å². The van der Waals surface area contributed by atoms with Gasteiger partial charge in [-0.05, 0) is 23.8 Å². The van der Waals surface area contributed by atoms with Crippen LogP contribution in [0.4, 0.5) is 0 Å². The molecule has 0 atom stereocenters. The van der Waals surface area contributed by atoms with Crippen LogP contribution in [0, 0.1) is 10.1 Å². The van der Waals surface area contributed by atoms with E-state index in [1.165, 1.54) is 24.3 Å². The number of carboxylic acids is 1. The summed E-state index contributed by atoms with van der Waals surface area (Å²) in [6.07, 6.45) is 2.88. The van der Waals surface area contributed by atoms with E-state index >= 15 is 0 Å². The molecule has 0 aromatic heterocycles. The van der Waals surface area contributed by atoms with Gasteiger partial charge in [-0.15, -0.1) is 0 Å². The first-order chi connectivity index (χ1) is 10.4. The Kier molecular flexibility index (Phi) is 4.03. The van der Waals surface area contributed by atoms with E-state index in [1.807, 2.05) is 0 Å². The molecule has 22 heavy (non-hydrogen) atoms. The van der Waals surface area contributed by atoms with E-state index in [-0.39, 0.29) is 17.1 Å². The van der Waals surface area contributed by atoms with Crippen molar-refractivity contribution in [3.05, 3.63) is 75.4 Å². The Bertz CT molecular complexity index is 731. The lowest BCUT2D eigenvalue weighted by Gasteiger charge is -2.16. The fourth-order valence-corrected chi connectivity index (χ4v) is 1.79. The fourth-order valence-electron chi connectivity index (χ4n) is 1.79. The topological polar surface area (TPSA) is 122 Å². The average molecular weight is 301 g/mol. The molecule has 1 aliphatic heterocycles. The van der Waals surface area contributed by atoms with Gasteiger partial charge in [-0.1, -0.05) is 24.8 Å². The summed E-state index contributed by atoms with van der Waals surface area (Å²) in [6, 6.07) is 5.91. The second-order valence-corrected chi connectivity index (χ2v) is 4.34. The number of nitrogens with zero attached hydrogens (tertiary/aromatic N) is 1. The molecule has 112 valence electrons. The Morgan fingerprint density at radius 2 is 1.86 bits per heavy atom. The van der Waals surface area contributed by atoms with Gasteiger partial charge in [0, 0.05) is 0 Å². The Labute approximate surface area is 124 Å². The summed E-state index contributed by atoms with van der Waals surface area (Å²) in [5, 5.41) is 24.6. The second-order valence-electron chi connectivity index (χ2n) is 4.34. The summed E-state index contributed by atoms with van der Waals surface area (Å²) < 4.78 is 0. The molecule has 0 saturated carbocycles. The van der Waals surface area contributed by atoms with E-state index in [0.29, 0.717) is 5.56 Å². The highest BCUT2D eigenvalue weighted by Crippen LogP contribution is 2.14. The third-order valence-corrected chi connectivity index (χ3v) is 2.80. The van der Waals surface area contributed by atoms with Crippen molar-refractivity contribution >= 4 is 18.0 Å². The first-order valence-corrected chi connectivity index (χ1v) is 6.06. The highest BCUT2D eigenvalue weighted by molar-refractivity contribution is 5.94. The fraction of sp³-hybridized carbons (Fsp3) is 0. The van der Waals surface area contributed by atoms with E-state index in [9.17, 15) is 19.7 Å². The number of hydrogen-bond donors (Lipinski definition) is 3. The predicted molar refractivity (Wildman–Crippen MR) is 76.9 cm³/mol. The number of carbonyl (C=O) groups excluding carboxylic acids is 1. The van der Waals surface area contributed by atoms with Crippen molar-refractivity contribution in [1.29, 1.82) is 0 Å². The Hall–Kier alpha value is -3.42. The van der Waals surface area contributed by atoms with Crippen LogP contribution in [0.25, 0.3) is 6.08 Å². The molecule has 1 aromatic rings. The van der Waals surface area contributed by atoms with Crippen LogP contribution in [0.1, 0.15) is 15.9 Å². The first-order valence-electron chi connectivity index (χ1n) is 6.06. The molecule has 1 aliphatic rings. The monoisotopic (exact) mass is 301 g/mol. The maximum atomic E-state index is 11.6. The number of amides is 1. The van der Waals surface area contributed by atoms with Gasteiger partial charge in [0.25, 0.3) is 0 Å². The maximum Gasteiger partial charge on any atom is 0.357 e. The highest BCUT2D eigenvalue weighted by atomic mass is 16.6. The van der Waals surface area contributed by atoms with Gasteiger partial charge < -0.3 is 15.7 Å². The molecule has 8 heteroatoms. The molecule has 1 heterocycles. The van der Waals surface area contributed by atoms with Gasteiger partial charge in [-0.2, -0.15) is 0 Å². The van der Waals surface area contributed by atoms with Crippen LogP contribution < -0.4 is 10.6 Å². The molecule has 8 nitrogen and oxygen atoms in total. The van der Waals surface area contributed by atoms with Crippen LogP contribution in [0.15, 0.2) is 54.1 Å². The maximum absolute atomic E-state index is 11.6. The van der Waals surface area contributed by atoms with Crippen molar-refractivity contribution in [3.8, 4) is 0 Å². The molecule has 0 radical (unpaired) electrons. The molecule has 0 unspecified atom stereocenters. The molecule has 0 aliphatic carbocycles. The Morgan fingerprint density at radius 3 is 2.41 bits per heavy atom. The summed E-state index contributed by atoms with van der Waals surface area (Å²) in [5.41, 5.74) is 0.136. The zero-order chi connectivity index (χ0) is 16.3. The number of aromatic carboxylic acids is 1. The van der Waals surface area contributed by atoms with Crippen molar-refractivity contribution in [2.24, 2.45) is 0 Å². The van der Waals surface area contributed by atoms with Crippen LogP contribution in [0.2, 0.25) is 0 Å². The number of nitrogens with one attached hydrogen (secondary N) is 2. The number of nitro groups is 1. The number of rotatable bonds is 4. The largest absolute Gasteiger partial charge is 0.478 e. The minimum atomic E-state index is -1.05. The number of allylic oxidation sites excluding steroid dienone is 1. The quantitative estimate of drug-likeness (QED) is 0.565. The van der Waals surface area contributed by atoms with E-state index in [1.54, 1.807) is 12.1 Å². The number of carbonyl (C=O) groups is 2. The molecule has 0 bridgehead atoms. The van der Waals surface area contributed by atoms with Crippen LogP contribution in [-0.4, -0.2) is 21.9 Å². The molecule has 3 N–H and O–H groups in total. The number of hydrogen-bond acceptors (Lipinski definition) is 5. The van der Waals surface area contributed by atoms with Crippen LogP contribution >= 0.6 is 0 Å². The lowest BCUT2D eigenvalue weighted by molar-refractivity contribution is -0.420. The molecule has 2 rings (SSSR count). The lowest BCUT2D eigenvalue weighted by atomic mass is 10.1. The molecule has 0 spiro atoms. The Morgan fingerprint density at radius 1 is 1.23 bits per heavy atom. The normalized spacial score (nSPS) is 14.7. The number of carboxylic acid groups (broad SMARTS) is 1. The number of benzene rings is 1. The van der Waals surface area contributed by atoms with Gasteiger partial charge >= 0.3 is 17.6 Å². The van der Waals surface area contributed by atoms with E-state index in [4.69, 9.17) is 5.11 Å². The highest BCUT2D eigenvalue weighted by Gasteiger charge is 2.31. The van der Waals surface area contributed by atoms with Crippen LogP contribution in [0.5, 0.6) is 0 Å². The van der Waals surface area contributed by atoms with Gasteiger partial charge in [0.15, 0.2) is 0 Å². The van der Waals surface area contributed by atoms with Crippen LogP contribution in [0.3, 0.4) is 0 Å². The summed E-state index contributed by atoms with van der Waals surface area (Å²) >= 11 is 0. The van der Waals surface area contributed by atoms with Gasteiger partial charge in [-0.25, -0.2) is 4.79 Å². The smallest absolute Gasteiger partial charge is 0.357 e. The zero-order valence-electron chi connectivity index (χ0n) is 11.2. The van der Waals surface area contributed by atoms with Crippen molar-refractivity contribution in [2.75, 3.05) is 0 Å². The minimum Gasteiger partial charge on any atom is -0.478 e. The Balaban J connectivity index is 2.31. The second kappa shape index (κ2) is 5.92. The zero-order valence-corrected chi connectivity index (χ0v) is 11.2. The standard InChI is InChI=1S/C14H11N3O5/c1-8-15-11(12(17(21)22)13(18)16-8)7-4-9-2-5-10(6-3-9)14(19)20/h2-7,15H,1H2,(H,16,18)(H,19,20)/b7-4+. The molecular formula is C14H11N3O5. The van der Waals surface area contributed by atoms with E-state index in [2.05, 4.69) is 17.2 Å². The lowest BCUT2D eigenvalue weighted by Crippen LogP contribution is -2.40. The molecule has 0 saturated heterocycles. The SMILES string of the molecule is C=C1NC(=O)C([N+](=O)[O-])=C(/C=C/c2ccc(C(=O)O)cc2)N1. The van der Waals surface area contributed by atoms with Gasteiger partial charge in [-0.3, -0.25) is 14.9 Å². The van der Waals surface area contributed by atoms with E-state index in [0.717, 1.165) is 0 Å². The molecule has 1 amide bonds. The summed E-state index contributed by atoms with van der Waals surface area (Å²) in [6.45, 7) is 3.50. The van der Waals surface area contributed by atoms with Crippen molar-refractivity contribution < 1.29 is 19.6 Å². The van der Waals surface area contributed by atoms with Crippen molar-refractivity contribution in [3.63, 3.8) is 0 Å². The summed E-state index contributed by atoms with van der Waals surface area (Å²) in [7, 11) is 0. The third-order valence-electron chi connectivity index (χ3n) is 2.80. The van der Waals surface area contributed by atoms with Crippen molar-refractivity contribution in [1.82, 2.24) is 10.6 Å². The third kappa shape index (κ3) is 3.18.